The number of aromatic nitrogens is 3. The summed E-state index contributed by atoms with van der Waals surface area (Å²) in [5.41, 5.74) is 6.71. The van der Waals surface area contributed by atoms with Crippen molar-refractivity contribution >= 4 is 22.6 Å². The molecule has 6 nitrogen and oxygen atoms in total. The van der Waals surface area contributed by atoms with Crippen molar-refractivity contribution in [1.29, 1.82) is 0 Å². The van der Waals surface area contributed by atoms with Gasteiger partial charge in [-0.05, 0) is 73.4 Å². The van der Waals surface area contributed by atoms with Crippen LogP contribution in [0.15, 0.2) is 54.7 Å². The maximum Gasteiger partial charge on any atom is 0.246 e. The van der Waals surface area contributed by atoms with Crippen LogP contribution in [0.4, 0.5) is 5.69 Å². The lowest BCUT2D eigenvalue weighted by Gasteiger charge is -2.09. The van der Waals surface area contributed by atoms with Gasteiger partial charge in [0.15, 0.2) is 5.65 Å². The fourth-order valence-corrected chi connectivity index (χ4v) is 3.56. The summed E-state index contributed by atoms with van der Waals surface area (Å²) in [5.74, 6) is 0.666. The molecule has 4 aromatic rings. The number of fused-ring (bicyclic) bond motifs is 1. The number of carbonyl (C=O) groups is 1. The van der Waals surface area contributed by atoms with Gasteiger partial charge in [0.25, 0.3) is 0 Å². The molecule has 0 bridgehead atoms. The van der Waals surface area contributed by atoms with Gasteiger partial charge in [0, 0.05) is 17.3 Å². The molecule has 1 N–H and O–H groups in total. The van der Waals surface area contributed by atoms with Gasteiger partial charge in [0.2, 0.25) is 5.91 Å². The summed E-state index contributed by atoms with van der Waals surface area (Å²) in [6, 6.07) is 15.7. The summed E-state index contributed by atoms with van der Waals surface area (Å²) in [6.07, 6.45) is 1.75. The number of pyridine rings is 1. The summed E-state index contributed by atoms with van der Waals surface area (Å²) in [6.45, 7) is 6.11. The highest BCUT2D eigenvalue weighted by Crippen LogP contribution is 2.30. The molecule has 2 heterocycles. The molecule has 0 radical (unpaired) electrons. The van der Waals surface area contributed by atoms with Crippen LogP contribution in [0.5, 0.6) is 5.75 Å². The molecular formula is C24H24N4O2. The smallest absolute Gasteiger partial charge is 0.246 e. The molecule has 4 rings (SSSR count). The third kappa shape index (κ3) is 3.76. The maximum atomic E-state index is 12.6. The molecule has 30 heavy (non-hydrogen) atoms. The Bertz CT molecular complexity index is 1230. The Morgan fingerprint density at radius 1 is 1.03 bits per heavy atom. The van der Waals surface area contributed by atoms with Gasteiger partial charge in [0.05, 0.1) is 12.8 Å². The van der Waals surface area contributed by atoms with Crippen LogP contribution in [0.1, 0.15) is 16.8 Å². The van der Waals surface area contributed by atoms with E-state index in [1.54, 1.807) is 18.0 Å². The van der Waals surface area contributed by atoms with Crippen LogP contribution in [0.3, 0.4) is 0 Å². The summed E-state index contributed by atoms with van der Waals surface area (Å²) in [5, 5.41) is 8.49. The number of nitrogens with zero attached hydrogens (tertiary/aromatic N) is 3. The SMILES string of the molecule is COc1ccc(-c2ccnc3c2c(C)nn3CC(=O)Nc2ccc(C)c(C)c2)cc1. The molecule has 0 aliphatic carbocycles. The average molecular weight is 400 g/mol. The molecule has 0 aliphatic heterocycles. The van der Waals surface area contributed by atoms with E-state index < -0.39 is 0 Å². The van der Waals surface area contributed by atoms with E-state index in [-0.39, 0.29) is 12.5 Å². The molecule has 0 atom stereocenters. The summed E-state index contributed by atoms with van der Waals surface area (Å²) in [7, 11) is 1.65. The first-order chi connectivity index (χ1) is 14.5. The van der Waals surface area contributed by atoms with Crippen LogP contribution in [0, 0.1) is 20.8 Å². The van der Waals surface area contributed by atoms with Crippen molar-refractivity contribution in [3.05, 3.63) is 71.5 Å². The quantitative estimate of drug-likeness (QED) is 0.528. The standard InChI is InChI=1S/C24H24N4O2/c1-15-5-8-19(13-16(15)2)26-22(29)14-28-24-23(17(3)27-28)21(11-12-25-24)18-6-9-20(30-4)10-7-18/h5-13H,14H2,1-4H3,(H,26,29). The zero-order valence-corrected chi connectivity index (χ0v) is 17.6. The van der Waals surface area contributed by atoms with Crippen LogP contribution in [0.25, 0.3) is 22.2 Å². The molecule has 0 fully saturated rings. The Balaban J connectivity index is 1.63. The number of benzene rings is 2. The van der Waals surface area contributed by atoms with Gasteiger partial charge in [-0.25, -0.2) is 9.67 Å². The van der Waals surface area contributed by atoms with Crippen molar-refractivity contribution in [2.24, 2.45) is 0 Å². The molecule has 0 aliphatic rings. The molecule has 0 saturated carbocycles. The minimum atomic E-state index is -0.140. The monoisotopic (exact) mass is 400 g/mol. The Morgan fingerprint density at radius 2 is 1.80 bits per heavy atom. The summed E-state index contributed by atoms with van der Waals surface area (Å²) >= 11 is 0. The molecule has 2 aromatic carbocycles. The molecule has 6 heteroatoms. The molecule has 0 spiro atoms. The van der Waals surface area contributed by atoms with E-state index in [0.29, 0.717) is 5.65 Å². The number of nitrogens with one attached hydrogen (secondary N) is 1. The highest BCUT2D eigenvalue weighted by molar-refractivity contribution is 5.96. The Morgan fingerprint density at radius 3 is 2.50 bits per heavy atom. The van der Waals surface area contributed by atoms with Crippen molar-refractivity contribution in [2.75, 3.05) is 12.4 Å². The third-order valence-electron chi connectivity index (χ3n) is 5.29. The lowest BCUT2D eigenvalue weighted by molar-refractivity contribution is -0.116. The van der Waals surface area contributed by atoms with Gasteiger partial charge in [0.1, 0.15) is 12.3 Å². The van der Waals surface area contributed by atoms with Crippen LogP contribution >= 0.6 is 0 Å². The van der Waals surface area contributed by atoms with E-state index in [0.717, 1.165) is 39.2 Å². The minimum Gasteiger partial charge on any atom is -0.497 e. The van der Waals surface area contributed by atoms with E-state index in [1.807, 2.05) is 69.3 Å². The second-order valence-electron chi connectivity index (χ2n) is 7.38. The fraction of sp³-hybridized carbons (Fsp3) is 0.208. The minimum absolute atomic E-state index is 0.0936. The maximum absolute atomic E-state index is 12.6. The highest BCUT2D eigenvalue weighted by Gasteiger charge is 2.16. The molecule has 0 saturated heterocycles. The molecule has 152 valence electrons. The van der Waals surface area contributed by atoms with Crippen molar-refractivity contribution in [1.82, 2.24) is 14.8 Å². The number of anilines is 1. The normalized spacial score (nSPS) is 10.9. The zero-order valence-electron chi connectivity index (χ0n) is 17.6. The number of aryl methyl sites for hydroxylation is 3. The summed E-state index contributed by atoms with van der Waals surface area (Å²) < 4.78 is 6.91. The Kier molecular flexibility index (Phi) is 5.23. The van der Waals surface area contributed by atoms with Gasteiger partial charge in [-0.2, -0.15) is 5.10 Å². The van der Waals surface area contributed by atoms with Crippen LogP contribution < -0.4 is 10.1 Å². The van der Waals surface area contributed by atoms with Gasteiger partial charge in [-0.3, -0.25) is 4.79 Å². The Hall–Kier alpha value is -3.67. The number of hydrogen-bond donors (Lipinski definition) is 1. The third-order valence-corrected chi connectivity index (χ3v) is 5.29. The largest absolute Gasteiger partial charge is 0.497 e. The van der Waals surface area contributed by atoms with Crippen LogP contribution in [-0.4, -0.2) is 27.8 Å². The predicted molar refractivity (Wildman–Crippen MR) is 119 cm³/mol. The molecule has 1 amide bonds. The van der Waals surface area contributed by atoms with E-state index in [4.69, 9.17) is 4.74 Å². The van der Waals surface area contributed by atoms with E-state index in [1.165, 1.54) is 5.56 Å². The number of rotatable bonds is 5. The topological polar surface area (TPSA) is 69.0 Å². The van der Waals surface area contributed by atoms with Crippen molar-refractivity contribution < 1.29 is 9.53 Å². The fourth-order valence-electron chi connectivity index (χ4n) is 3.56. The lowest BCUT2D eigenvalue weighted by Crippen LogP contribution is -2.19. The van der Waals surface area contributed by atoms with Gasteiger partial charge >= 0.3 is 0 Å². The number of hydrogen-bond acceptors (Lipinski definition) is 4. The lowest BCUT2D eigenvalue weighted by atomic mass is 10.0. The van der Waals surface area contributed by atoms with Crippen molar-refractivity contribution in [3.8, 4) is 16.9 Å². The van der Waals surface area contributed by atoms with Crippen molar-refractivity contribution in [3.63, 3.8) is 0 Å². The molecular weight excluding hydrogens is 376 g/mol. The first-order valence-corrected chi connectivity index (χ1v) is 9.80. The van der Waals surface area contributed by atoms with Gasteiger partial charge in [-0.1, -0.05) is 18.2 Å². The number of carbonyl (C=O) groups excluding carboxylic acids is 1. The van der Waals surface area contributed by atoms with Gasteiger partial charge in [-0.15, -0.1) is 0 Å². The Labute approximate surface area is 175 Å². The first-order valence-electron chi connectivity index (χ1n) is 9.80. The number of amides is 1. The van der Waals surface area contributed by atoms with Crippen LogP contribution in [0.2, 0.25) is 0 Å². The number of methoxy groups -OCH3 is 1. The zero-order chi connectivity index (χ0) is 21.3. The molecule has 0 unspecified atom stereocenters. The summed E-state index contributed by atoms with van der Waals surface area (Å²) in [4.78, 5) is 17.1. The van der Waals surface area contributed by atoms with Gasteiger partial charge < -0.3 is 10.1 Å². The molecule has 2 aromatic heterocycles. The average Bonchev–Trinajstić information content (AvgIpc) is 3.06. The first kappa shape index (κ1) is 19.6. The van der Waals surface area contributed by atoms with E-state index in [9.17, 15) is 4.79 Å². The second-order valence-corrected chi connectivity index (χ2v) is 7.38. The van der Waals surface area contributed by atoms with Crippen LogP contribution in [-0.2, 0) is 11.3 Å². The highest BCUT2D eigenvalue weighted by atomic mass is 16.5. The number of ether oxygens (including phenoxy) is 1. The predicted octanol–water partition coefficient (Wildman–Crippen LogP) is 4.67. The second kappa shape index (κ2) is 7.99. The van der Waals surface area contributed by atoms with E-state index in [2.05, 4.69) is 15.4 Å². The van der Waals surface area contributed by atoms with E-state index >= 15 is 0 Å². The van der Waals surface area contributed by atoms with Crippen molar-refractivity contribution in [2.45, 2.75) is 27.3 Å².